The summed E-state index contributed by atoms with van der Waals surface area (Å²) in [6.45, 7) is 3.96. The highest BCUT2D eigenvalue weighted by Gasteiger charge is 2.09. The number of nitrogens with two attached hydrogens (primary N) is 1. The Morgan fingerprint density at radius 2 is 1.89 bits per heavy atom. The molecule has 0 radical (unpaired) electrons. The van der Waals surface area contributed by atoms with Crippen molar-refractivity contribution in [1.82, 2.24) is 9.97 Å². The molecule has 0 amide bonds. The molecule has 2 heterocycles. The van der Waals surface area contributed by atoms with Crippen LogP contribution in [0, 0.1) is 13.8 Å². The van der Waals surface area contributed by atoms with Crippen LogP contribution in [0.1, 0.15) is 10.7 Å². The second-order valence-corrected chi connectivity index (χ2v) is 5.54. The molecule has 0 bridgehead atoms. The van der Waals surface area contributed by atoms with Crippen molar-refractivity contribution in [3.8, 4) is 11.3 Å². The lowest BCUT2D eigenvalue weighted by molar-refractivity contribution is 1.25. The van der Waals surface area contributed by atoms with Crippen LogP contribution < -0.4 is 5.73 Å². The first-order valence-corrected chi connectivity index (χ1v) is 6.56. The van der Waals surface area contributed by atoms with Gasteiger partial charge in [0, 0.05) is 16.6 Å². The molecule has 2 N–H and O–H groups in total. The fraction of sp³-hybridized carbons (Fsp3) is 0.143. The minimum Gasteiger partial charge on any atom is -0.389 e. The number of nitrogens with zero attached hydrogens (tertiary/aromatic N) is 2. The fourth-order valence-corrected chi connectivity index (χ4v) is 2.74. The van der Waals surface area contributed by atoms with Crippen LogP contribution in [0.5, 0.6) is 0 Å². The van der Waals surface area contributed by atoms with E-state index in [2.05, 4.69) is 22.1 Å². The van der Waals surface area contributed by atoms with E-state index in [0.717, 1.165) is 37.9 Å². The van der Waals surface area contributed by atoms with Crippen molar-refractivity contribution in [2.75, 3.05) is 5.73 Å². The molecule has 0 unspecified atom stereocenters. The Hall–Kier alpha value is -1.94. The standard InChI is InChI=1S/C14H13N3S/c1-8-3-4-10-7-11(5-6-12(10)16-8)13-14(15)18-9(2)17-13/h3-7H,15H2,1-2H3. The molecule has 18 heavy (non-hydrogen) atoms. The maximum Gasteiger partial charge on any atom is 0.114 e. The first-order chi connectivity index (χ1) is 8.63. The van der Waals surface area contributed by atoms with E-state index in [1.807, 2.05) is 32.0 Å². The molecule has 1 aromatic carbocycles. The number of pyridine rings is 1. The van der Waals surface area contributed by atoms with Crippen molar-refractivity contribution < 1.29 is 0 Å². The second kappa shape index (κ2) is 4.07. The Labute approximate surface area is 109 Å². The number of rotatable bonds is 1. The van der Waals surface area contributed by atoms with E-state index >= 15 is 0 Å². The van der Waals surface area contributed by atoms with E-state index in [0.29, 0.717) is 0 Å². The number of aryl methyl sites for hydroxylation is 2. The smallest absolute Gasteiger partial charge is 0.114 e. The van der Waals surface area contributed by atoms with Crippen LogP contribution in [-0.4, -0.2) is 9.97 Å². The summed E-state index contributed by atoms with van der Waals surface area (Å²) in [5.74, 6) is 0. The van der Waals surface area contributed by atoms with Gasteiger partial charge < -0.3 is 5.73 Å². The summed E-state index contributed by atoms with van der Waals surface area (Å²) in [6.07, 6.45) is 0. The van der Waals surface area contributed by atoms with Gasteiger partial charge in [-0.25, -0.2) is 4.98 Å². The molecule has 4 heteroatoms. The third-order valence-corrected chi connectivity index (χ3v) is 3.66. The van der Waals surface area contributed by atoms with Crippen LogP contribution >= 0.6 is 11.3 Å². The quantitative estimate of drug-likeness (QED) is 0.723. The van der Waals surface area contributed by atoms with Gasteiger partial charge in [-0.05, 0) is 32.0 Å². The zero-order valence-corrected chi connectivity index (χ0v) is 11.1. The Balaban J connectivity index is 2.19. The monoisotopic (exact) mass is 255 g/mol. The van der Waals surface area contributed by atoms with Crippen molar-refractivity contribution >= 4 is 27.2 Å². The zero-order valence-electron chi connectivity index (χ0n) is 10.3. The summed E-state index contributed by atoms with van der Waals surface area (Å²) in [6, 6.07) is 10.2. The molecule has 2 aromatic heterocycles. The summed E-state index contributed by atoms with van der Waals surface area (Å²) in [5.41, 5.74) is 9.94. The minimum atomic E-state index is 0.770. The van der Waals surface area contributed by atoms with Crippen molar-refractivity contribution in [2.45, 2.75) is 13.8 Å². The average Bonchev–Trinajstić information content (AvgIpc) is 2.68. The number of hydrogen-bond donors (Lipinski definition) is 1. The Bertz CT molecular complexity index is 731. The van der Waals surface area contributed by atoms with E-state index in [1.54, 1.807) is 0 Å². The summed E-state index contributed by atoms with van der Waals surface area (Å²) >= 11 is 1.52. The van der Waals surface area contributed by atoms with Crippen molar-refractivity contribution in [2.24, 2.45) is 0 Å². The normalized spacial score (nSPS) is 11.0. The van der Waals surface area contributed by atoms with E-state index in [9.17, 15) is 0 Å². The molecule has 0 saturated carbocycles. The lowest BCUT2D eigenvalue weighted by Crippen LogP contribution is -1.88. The molecule has 90 valence electrons. The van der Waals surface area contributed by atoms with Crippen LogP contribution in [0.25, 0.3) is 22.2 Å². The van der Waals surface area contributed by atoms with Gasteiger partial charge in [-0.15, -0.1) is 11.3 Å². The van der Waals surface area contributed by atoms with Gasteiger partial charge in [0.15, 0.2) is 0 Å². The molecule has 0 fully saturated rings. The van der Waals surface area contributed by atoms with Gasteiger partial charge in [-0.3, -0.25) is 4.98 Å². The number of hydrogen-bond acceptors (Lipinski definition) is 4. The first-order valence-electron chi connectivity index (χ1n) is 5.74. The maximum atomic E-state index is 5.98. The van der Waals surface area contributed by atoms with Gasteiger partial charge in [0.05, 0.1) is 10.5 Å². The van der Waals surface area contributed by atoms with Crippen LogP contribution in [0.3, 0.4) is 0 Å². The fourth-order valence-electron chi connectivity index (χ4n) is 2.02. The molecule has 3 nitrogen and oxygen atoms in total. The van der Waals surface area contributed by atoms with Gasteiger partial charge >= 0.3 is 0 Å². The van der Waals surface area contributed by atoms with Gasteiger partial charge in [0.1, 0.15) is 10.7 Å². The molecule has 3 aromatic rings. The number of benzene rings is 1. The topological polar surface area (TPSA) is 51.8 Å². The molecule has 0 saturated heterocycles. The number of anilines is 1. The molecular formula is C14H13N3S. The third-order valence-electron chi connectivity index (χ3n) is 2.86. The summed E-state index contributed by atoms with van der Waals surface area (Å²) in [5, 5.41) is 2.87. The molecule has 0 aliphatic heterocycles. The predicted octanol–water partition coefficient (Wildman–Crippen LogP) is 3.56. The van der Waals surface area contributed by atoms with Crippen molar-refractivity contribution in [1.29, 1.82) is 0 Å². The van der Waals surface area contributed by atoms with Gasteiger partial charge in [0.25, 0.3) is 0 Å². The number of nitrogen functional groups attached to an aromatic ring is 1. The van der Waals surface area contributed by atoms with Crippen molar-refractivity contribution in [3.05, 3.63) is 41.0 Å². The number of fused-ring (bicyclic) bond motifs is 1. The van der Waals surface area contributed by atoms with E-state index in [4.69, 9.17) is 5.73 Å². The Morgan fingerprint density at radius 1 is 1.06 bits per heavy atom. The zero-order chi connectivity index (χ0) is 12.7. The average molecular weight is 255 g/mol. The van der Waals surface area contributed by atoms with Crippen LogP contribution in [0.2, 0.25) is 0 Å². The van der Waals surface area contributed by atoms with Gasteiger partial charge in [0.2, 0.25) is 0 Å². The predicted molar refractivity (Wildman–Crippen MR) is 76.7 cm³/mol. The Morgan fingerprint density at radius 3 is 2.61 bits per heavy atom. The van der Waals surface area contributed by atoms with Crippen LogP contribution in [-0.2, 0) is 0 Å². The lowest BCUT2D eigenvalue weighted by atomic mass is 10.1. The number of aromatic nitrogens is 2. The third kappa shape index (κ3) is 1.84. The van der Waals surface area contributed by atoms with Crippen molar-refractivity contribution in [3.63, 3.8) is 0 Å². The summed E-state index contributed by atoms with van der Waals surface area (Å²) in [7, 11) is 0. The summed E-state index contributed by atoms with van der Waals surface area (Å²) < 4.78 is 0. The highest BCUT2D eigenvalue weighted by Crippen LogP contribution is 2.31. The molecule has 0 aliphatic carbocycles. The number of thiazole rings is 1. The lowest BCUT2D eigenvalue weighted by Gasteiger charge is -2.02. The molecular weight excluding hydrogens is 242 g/mol. The Kier molecular flexibility index (Phi) is 2.52. The molecule has 0 aliphatic rings. The molecule has 3 rings (SSSR count). The summed E-state index contributed by atoms with van der Waals surface area (Å²) in [4.78, 5) is 8.97. The van der Waals surface area contributed by atoms with Gasteiger partial charge in [-0.2, -0.15) is 0 Å². The second-order valence-electron chi connectivity index (χ2n) is 4.31. The largest absolute Gasteiger partial charge is 0.389 e. The van der Waals surface area contributed by atoms with E-state index in [-0.39, 0.29) is 0 Å². The van der Waals surface area contributed by atoms with Gasteiger partial charge in [-0.1, -0.05) is 12.1 Å². The SMILES string of the molecule is Cc1ccc2cc(-c3nc(C)sc3N)ccc2n1. The minimum absolute atomic E-state index is 0.770. The first kappa shape index (κ1) is 11.2. The van der Waals surface area contributed by atoms with Crippen LogP contribution in [0.4, 0.5) is 5.00 Å². The highest BCUT2D eigenvalue weighted by molar-refractivity contribution is 7.16. The van der Waals surface area contributed by atoms with E-state index in [1.165, 1.54) is 11.3 Å². The maximum absolute atomic E-state index is 5.98. The van der Waals surface area contributed by atoms with E-state index < -0.39 is 0 Å². The van der Waals surface area contributed by atoms with Crippen LogP contribution in [0.15, 0.2) is 30.3 Å². The molecule has 0 atom stereocenters. The highest BCUT2D eigenvalue weighted by atomic mass is 32.1. The molecule has 0 spiro atoms.